The molecule has 0 aromatic rings. The van der Waals surface area contributed by atoms with E-state index in [0.29, 0.717) is 17.8 Å². The second-order valence-electron chi connectivity index (χ2n) is 3.80. The fourth-order valence-electron chi connectivity index (χ4n) is 1.69. The van der Waals surface area contributed by atoms with Gasteiger partial charge < -0.3 is 4.84 Å². The van der Waals surface area contributed by atoms with Crippen LogP contribution >= 0.6 is 0 Å². The zero-order chi connectivity index (χ0) is 9.14. The molecule has 1 heterocycles. The van der Waals surface area contributed by atoms with E-state index in [1.54, 1.807) is 0 Å². The summed E-state index contributed by atoms with van der Waals surface area (Å²) in [5, 5.41) is 3.55. The smallest absolute Gasteiger partial charge is 0.191 e. The maximum atomic E-state index is 5.06. The molecule has 0 saturated heterocycles. The molecule has 0 saturated carbocycles. The van der Waals surface area contributed by atoms with Crippen LogP contribution in [0.1, 0.15) is 27.7 Å². The number of rotatable bonds is 3. The lowest BCUT2D eigenvalue weighted by Gasteiger charge is -2.22. The summed E-state index contributed by atoms with van der Waals surface area (Å²) >= 11 is 0. The summed E-state index contributed by atoms with van der Waals surface area (Å²) in [6.07, 6.45) is 0. The first-order valence-electron chi connectivity index (χ1n) is 4.38. The molecule has 1 rings (SSSR count). The molecule has 1 aliphatic rings. The minimum atomic E-state index is 0.406. The first-order valence-corrected chi connectivity index (χ1v) is 4.38. The minimum Gasteiger partial charge on any atom is -0.343 e. The Morgan fingerprint density at radius 2 is 1.75 bits per heavy atom. The van der Waals surface area contributed by atoms with Crippen LogP contribution in [0, 0.1) is 17.8 Å². The van der Waals surface area contributed by atoms with Crippen LogP contribution < -0.4 is 0 Å². The number of nitrogens with zero attached hydrogens (tertiary/aromatic N) is 1. The quantitative estimate of drug-likeness (QED) is 0.589. The fourth-order valence-corrected chi connectivity index (χ4v) is 1.69. The summed E-state index contributed by atoms with van der Waals surface area (Å²) < 4.78 is 0. The van der Waals surface area contributed by atoms with Gasteiger partial charge >= 0.3 is 0 Å². The normalized spacial score (nSPS) is 14.8. The van der Waals surface area contributed by atoms with Gasteiger partial charge in [0.05, 0.1) is 5.87 Å². The van der Waals surface area contributed by atoms with Gasteiger partial charge in [0, 0.05) is 5.92 Å². The molecule has 0 N–H and O–H groups in total. The lowest BCUT2D eigenvalue weighted by Crippen LogP contribution is -2.18. The van der Waals surface area contributed by atoms with Crippen molar-refractivity contribution in [1.82, 2.24) is 0 Å². The molecule has 0 radical (unpaired) electrons. The second kappa shape index (κ2) is 3.62. The van der Waals surface area contributed by atoms with Gasteiger partial charge in [-0.3, -0.25) is 0 Å². The highest BCUT2D eigenvalue weighted by Crippen LogP contribution is 2.29. The van der Waals surface area contributed by atoms with E-state index < -0.39 is 0 Å². The Bertz CT molecular complexity index is 245. The molecule has 2 heteroatoms. The lowest BCUT2D eigenvalue weighted by atomic mass is 9.84. The van der Waals surface area contributed by atoms with Crippen LogP contribution in [0.2, 0.25) is 0 Å². The largest absolute Gasteiger partial charge is 0.343 e. The van der Waals surface area contributed by atoms with Crippen molar-refractivity contribution in [3.63, 3.8) is 0 Å². The molecule has 0 aromatic heterocycles. The molecule has 66 valence electrons. The maximum Gasteiger partial charge on any atom is 0.191 e. The van der Waals surface area contributed by atoms with Crippen molar-refractivity contribution in [3.05, 3.63) is 11.5 Å². The second-order valence-corrected chi connectivity index (χ2v) is 3.80. The predicted molar refractivity (Wildman–Crippen MR) is 48.7 cm³/mol. The standard InChI is InChI=1S/C10H15NO/c1-7(2)10(8(3)4)9-5-6-11-12-9/h7-8,10H,1-4H3. The van der Waals surface area contributed by atoms with E-state index in [2.05, 4.69) is 44.5 Å². The van der Waals surface area contributed by atoms with E-state index in [4.69, 9.17) is 4.84 Å². The summed E-state index contributed by atoms with van der Waals surface area (Å²) in [5.74, 6) is 4.93. The highest BCUT2D eigenvalue weighted by Gasteiger charge is 2.24. The molecule has 0 aliphatic carbocycles. The molecule has 0 spiro atoms. The van der Waals surface area contributed by atoms with Crippen molar-refractivity contribution in [3.8, 4) is 0 Å². The highest BCUT2D eigenvalue weighted by molar-refractivity contribution is 5.52. The first kappa shape index (κ1) is 9.12. The number of allylic oxidation sites excluding steroid dienone is 1. The van der Waals surface area contributed by atoms with Crippen LogP contribution in [0.5, 0.6) is 0 Å². The van der Waals surface area contributed by atoms with Gasteiger partial charge in [-0.05, 0) is 22.7 Å². The third kappa shape index (κ3) is 1.79. The van der Waals surface area contributed by atoms with Gasteiger partial charge in [-0.1, -0.05) is 27.7 Å². The minimum absolute atomic E-state index is 0.406. The van der Waals surface area contributed by atoms with E-state index in [0.717, 1.165) is 5.76 Å². The molecular formula is C10H15NO. The third-order valence-corrected chi connectivity index (χ3v) is 2.11. The lowest BCUT2D eigenvalue weighted by molar-refractivity contribution is 0.153. The molecule has 1 aliphatic heterocycles. The molecule has 12 heavy (non-hydrogen) atoms. The summed E-state index contributed by atoms with van der Waals surface area (Å²) in [6.45, 7) is 8.73. The predicted octanol–water partition coefficient (Wildman–Crippen LogP) is 2.57. The zero-order valence-corrected chi connectivity index (χ0v) is 8.09. The average Bonchev–Trinajstić information content (AvgIpc) is 2.37. The van der Waals surface area contributed by atoms with Crippen molar-refractivity contribution in [2.75, 3.05) is 0 Å². The van der Waals surface area contributed by atoms with Crippen LogP contribution in [-0.4, -0.2) is 5.87 Å². The fraction of sp³-hybridized carbons (Fsp3) is 0.700. The number of hydrogen-bond acceptors (Lipinski definition) is 2. The van der Waals surface area contributed by atoms with Gasteiger partial charge in [0.1, 0.15) is 0 Å². The molecule has 2 nitrogen and oxygen atoms in total. The van der Waals surface area contributed by atoms with Gasteiger partial charge in [0.2, 0.25) is 0 Å². The van der Waals surface area contributed by atoms with E-state index in [1.807, 2.05) is 0 Å². The Hall–Kier alpha value is -0.970. The molecule has 0 fully saturated rings. The van der Waals surface area contributed by atoms with Crippen LogP contribution in [0.4, 0.5) is 0 Å². The van der Waals surface area contributed by atoms with Gasteiger partial charge in [0.15, 0.2) is 5.76 Å². The van der Waals surface area contributed by atoms with Crippen LogP contribution in [0.15, 0.2) is 16.6 Å². The summed E-state index contributed by atoms with van der Waals surface area (Å²) in [4.78, 5) is 5.06. The molecule has 0 aromatic carbocycles. The first-order chi connectivity index (χ1) is 5.63. The van der Waals surface area contributed by atoms with Crippen molar-refractivity contribution < 1.29 is 4.84 Å². The summed E-state index contributed by atoms with van der Waals surface area (Å²) in [6, 6.07) is 0. The van der Waals surface area contributed by atoms with E-state index in [1.165, 1.54) is 0 Å². The summed E-state index contributed by atoms with van der Waals surface area (Å²) in [7, 11) is 0. The molecular weight excluding hydrogens is 150 g/mol. The Morgan fingerprint density at radius 3 is 2.08 bits per heavy atom. The van der Waals surface area contributed by atoms with Gasteiger partial charge in [0.25, 0.3) is 0 Å². The van der Waals surface area contributed by atoms with Crippen molar-refractivity contribution in [1.29, 1.82) is 0 Å². The summed E-state index contributed by atoms with van der Waals surface area (Å²) in [5.41, 5.74) is 2.90. The van der Waals surface area contributed by atoms with Crippen molar-refractivity contribution in [2.24, 2.45) is 22.9 Å². The topological polar surface area (TPSA) is 21.6 Å². The van der Waals surface area contributed by atoms with E-state index in [9.17, 15) is 0 Å². The Balaban J connectivity index is 2.81. The Kier molecular flexibility index (Phi) is 2.75. The molecule has 0 bridgehead atoms. The van der Waals surface area contributed by atoms with Gasteiger partial charge in [-0.15, -0.1) is 0 Å². The van der Waals surface area contributed by atoms with Crippen molar-refractivity contribution in [2.45, 2.75) is 27.7 Å². The Morgan fingerprint density at radius 1 is 1.17 bits per heavy atom. The third-order valence-electron chi connectivity index (χ3n) is 2.11. The maximum absolute atomic E-state index is 5.06. The Labute approximate surface area is 73.6 Å². The highest BCUT2D eigenvalue weighted by atomic mass is 16.6. The van der Waals surface area contributed by atoms with Crippen molar-refractivity contribution >= 4 is 5.87 Å². The zero-order valence-electron chi connectivity index (χ0n) is 8.09. The number of hydrogen-bond donors (Lipinski definition) is 0. The van der Waals surface area contributed by atoms with Crippen LogP contribution in [0.3, 0.4) is 0 Å². The molecule has 0 unspecified atom stereocenters. The van der Waals surface area contributed by atoms with E-state index in [-0.39, 0.29) is 0 Å². The van der Waals surface area contributed by atoms with Gasteiger partial charge in [-0.25, -0.2) is 0 Å². The SMILES string of the molecule is CC(C)C(C1=C=C=NO1)C(C)C. The monoisotopic (exact) mass is 165 g/mol. The van der Waals surface area contributed by atoms with Gasteiger partial charge in [-0.2, -0.15) is 0 Å². The van der Waals surface area contributed by atoms with Crippen LogP contribution in [0.25, 0.3) is 0 Å². The average molecular weight is 165 g/mol. The van der Waals surface area contributed by atoms with E-state index >= 15 is 0 Å². The molecule has 0 amide bonds. The molecule has 0 atom stereocenters. The van der Waals surface area contributed by atoms with Crippen LogP contribution in [-0.2, 0) is 4.84 Å².